The third-order valence-electron chi connectivity index (χ3n) is 6.82. The molecule has 2 fully saturated rings. The number of aromatic nitrogens is 8. The second kappa shape index (κ2) is 12.2. The van der Waals surface area contributed by atoms with Gasteiger partial charge in [0.2, 0.25) is 0 Å². The molecule has 2 aliphatic heterocycles. The molecule has 4 aromatic heterocycles. The monoisotopic (exact) mass is 633 g/mol. The molecule has 2 saturated heterocycles. The molecule has 13 nitrogen and oxygen atoms in total. The van der Waals surface area contributed by atoms with E-state index in [1.165, 1.54) is 48.3 Å². The summed E-state index contributed by atoms with van der Waals surface area (Å²) in [5, 5.41) is 42.1. The molecule has 1 aromatic carbocycles. The van der Waals surface area contributed by atoms with Crippen LogP contribution in [-0.2, 0) is 6.54 Å². The average molecular weight is 634 g/mol. The molecule has 0 bridgehead atoms. The average Bonchev–Trinajstić information content (AvgIpc) is 3.76. The second-order valence-corrected chi connectivity index (χ2v) is 12.2. The topological polar surface area (TPSA) is 180 Å². The van der Waals surface area contributed by atoms with E-state index in [1.807, 2.05) is 6.07 Å². The van der Waals surface area contributed by atoms with Crippen LogP contribution in [0.25, 0.3) is 22.3 Å². The van der Waals surface area contributed by atoms with Gasteiger partial charge in [-0.1, -0.05) is 23.7 Å². The minimum atomic E-state index is -0.874. The molecule has 0 saturated carbocycles. The van der Waals surface area contributed by atoms with Gasteiger partial charge in [0.15, 0.2) is 22.3 Å². The van der Waals surface area contributed by atoms with Crippen LogP contribution in [0.4, 0.5) is 10.2 Å². The van der Waals surface area contributed by atoms with E-state index in [0.29, 0.717) is 46.2 Å². The van der Waals surface area contributed by atoms with Crippen molar-refractivity contribution in [3.63, 3.8) is 0 Å². The number of hydrogen-bond donors (Lipinski definition) is 5. The maximum absolute atomic E-state index is 13.3. The third kappa shape index (κ3) is 5.62. The van der Waals surface area contributed by atoms with Crippen LogP contribution in [0.2, 0.25) is 5.15 Å². The number of hydrogen-bond acceptors (Lipinski definition) is 13. The van der Waals surface area contributed by atoms with Crippen molar-refractivity contribution >= 4 is 63.3 Å². The van der Waals surface area contributed by atoms with Gasteiger partial charge in [-0.3, -0.25) is 9.13 Å². The van der Waals surface area contributed by atoms with Crippen LogP contribution in [0, 0.1) is 5.82 Å². The lowest BCUT2D eigenvalue weighted by molar-refractivity contribution is 0.0313. The fourth-order valence-electron chi connectivity index (χ4n) is 4.67. The zero-order valence-corrected chi connectivity index (χ0v) is 24.0. The lowest BCUT2D eigenvalue weighted by Gasteiger charge is -2.17. The predicted octanol–water partition coefficient (Wildman–Crippen LogP) is 1.99. The van der Waals surface area contributed by atoms with Crippen LogP contribution in [-0.4, -0.2) is 95.4 Å². The number of nitrogens with one attached hydrogen (secondary N) is 1. The Labute approximate surface area is 251 Å². The molecule has 0 aliphatic carbocycles. The lowest BCUT2D eigenvalue weighted by atomic mass is 10.2. The minimum absolute atomic E-state index is 0.284. The number of nitrogens with zero attached hydrogens (tertiary/aromatic N) is 8. The van der Waals surface area contributed by atoms with Crippen LogP contribution >= 0.6 is 35.1 Å². The highest BCUT2D eigenvalue weighted by atomic mass is 35.5. The maximum atomic E-state index is 13.3. The van der Waals surface area contributed by atoms with Crippen molar-refractivity contribution < 1.29 is 24.8 Å². The van der Waals surface area contributed by atoms with E-state index in [9.17, 15) is 24.8 Å². The first-order chi connectivity index (χ1) is 20.3. The zero-order valence-electron chi connectivity index (χ0n) is 21.6. The smallest absolute Gasteiger partial charge is 0.166 e. The van der Waals surface area contributed by atoms with E-state index in [4.69, 9.17) is 11.6 Å². The summed E-state index contributed by atoms with van der Waals surface area (Å²) < 4.78 is 16.7. The van der Waals surface area contributed by atoms with Crippen LogP contribution in [0.5, 0.6) is 0 Å². The number of rotatable bonds is 5. The van der Waals surface area contributed by atoms with Gasteiger partial charge in [-0.15, -0.1) is 23.5 Å². The van der Waals surface area contributed by atoms with Gasteiger partial charge in [-0.25, -0.2) is 34.3 Å². The Morgan fingerprint density at radius 3 is 2.02 bits per heavy atom. The minimum Gasteiger partial charge on any atom is -0.389 e. The molecular formula is C25H25ClFN9O4S2. The molecule has 42 heavy (non-hydrogen) atoms. The van der Waals surface area contributed by atoms with E-state index in [2.05, 4.69) is 35.2 Å². The number of imidazole rings is 2. The number of benzene rings is 1. The highest BCUT2D eigenvalue weighted by Crippen LogP contribution is 2.39. The molecule has 7 rings (SSSR count). The number of aliphatic hydroxyl groups excluding tert-OH is 4. The fraction of sp³-hybridized carbons (Fsp3) is 0.360. The number of fused-ring (bicyclic) bond motifs is 2. The molecule has 17 heteroatoms. The first-order valence-electron chi connectivity index (χ1n) is 12.8. The Balaban J connectivity index is 0.000000162. The molecule has 0 unspecified atom stereocenters. The first kappa shape index (κ1) is 29.0. The van der Waals surface area contributed by atoms with E-state index < -0.39 is 24.4 Å². The summed E-state index contributed by atoms with van der Waals surface area (Å²) in [5.74, 6) is 1.19. The largest absolute Gasteiger partial charge is 0.389 e. The molecule has 220 valence electrons. The van der Waals surface area contributed by atoms with Gasteiger partial charge in [0, 0.05) is 18.1 Å². The molecule has 6 heterocycles. The summed E-state index contributed by atoms with van der Waals surface area (Å²) in [7, 11) is 0. The van der Waals surface area contributed by atoms with E-state index in [1.54, 1.807) is 27.9 Å². The van der Waals surface area contributed by atoms with Crippen molar-refractivity contribution in [1.29, 1.82) is 0 Å². The van der Waals surface area contributed by atoms with Crippen molar-refractivity contribution in [3.05, 3.63) is 66.1 Å². The summed E-state index contributed by atoms with van der Waals surface area (Å²) in [6.07, 6.45) is 2.73. The zero-order chi connectivity index (χ0) is 29.4. The third-order valence-corrected chi connectivity index (χ3v) is 9.86. The number of halogens is 2. The summed E-state index contributed by atoms with van der Waals surface area (Å²) in [5.41, 5.74) is 2.99. The van der Waals surface area contributed by atoms with Crippen molar-refractivity contribution in [2.24, 2.45) is 0 Å². The number of thioether (sulfide) groups is 2. The second-order valence-electron chi connectivity index (χ2n) is 9.58. The summed E-state index contributed by atoms with van der Waals surface area (Å²) in [6.45, 7) is 0.399. The van der Waals surface area contributed by atoms with E-state index >= 15 is 0 Å². The summed E-state index contributed by atoms with van der Waals surface area (Å²) in [4.78, 5) is 24.9. The molecular weight excluding hydrogens is 609 g/mol. The molecule has 2 aliphatic rings. The maximum Gasteiger partial charge on any atom is 0.166 e. The van der Waals surface area contributed by atoms with Crippen LogP contribution < -0.4 is 5.32 Å². The predicted molar refractivity (Wildman–Crippen MR) is 156 cm³/mol. The normalized spacial score (nSPS) is 25.6. The van der Waals surface area contributed by atoms with Crippen LogP contribution in [0.3, 0.4) is 0 Å². The quantitative estimate of drug-likeness (QED) is 0.178. The van der Waals surface area contributed by atoms with Crippen molar-refractivity contribution in [3.8, 4) is 0 Å². The first-order valence-corrected chi connectivity index (χ1v) is 15.2. The van der Waals surface area contributed by atoms with Gasteiger partial charge < -0.3 is 25.7 Å². The van der Waals surface area contributed by atoms with Gasteiger partial charge in [0.05, 0.1) is 24.9 Å². The SMILES string of the molecule is O[C@@H]1[C@H](O)CS[C@H]1n1cnc2c(NCc3cccc(F)c3)ncnc21.O[C@H]1[C@H](O)CS[C@H]1n1cnc2c(Cl)ncnc21. The Morgan fingerprint density at radius 2 is 1.43 bits per heavy atom. The molecule has 6 atom stereocenters. The van der Waals surface area contributed by atoms with Gasteiger partial charge >= 0.3 is 0 Å². The number of aliphatic hydroxyl groups is 4. The van der Waals surface area contributed by atoms with Gasteiger partial charge in [-0.2, -0.15) is 0 Å². The van der Waals surface area contributed by atoms with Crippen molar-refractivity contribution in [2.75, 3.05) is 16.8 Å². The Kier molecular flexibility index (Phi) is 8.44. The summed E-state index contributed by atoms with van der Waals surface area (Å²) in [6, 6.07) is 6.32. The fourth-order valence-corrected chi connectivity index (χ4v) is 7.42. The summed E-state index contributed by atoms with van der Waals surface area (Å²) >= 11 is 8.80. The highest BCUT2D eigenvalue weighted by molar-refractivity contribution is 7.99. The Hall–Kier alpha value is -3.12. The van der Waals surface area contributed by atoms with Gasteiger partial charge in [0.1, 0.15) is 52.5 Å². The number of anilines is 1. The van der Waals surface area contributed by atoms with Crippen LogP contribution in [0.1, 0.15) is 16.3 Å². The molecule has 0 radical (unpaired) electrons. The highest BCUT2D eigenvalue weighted by Gasteiger charge is 2.37. The lowest BCUT2D eigenvalue weighted by Crippen LogP contribution is -2.27. The molecule has 5 aromatic rings. The standard InChI is InChI=1S/C16H16FN5O2S.C9H9ClN4O2S/c17-10-3-1-2-9(4-10)5-18-14-12-15(20-7-19-14)22(8-21-12)16-13(24)11(23)6-25-16;10-7-5-8(12-2-11-7)14(3-13-5)9-6(16)4(15)1-17-9/h1-4,7-8,11,13,16,23-24H,5-6H2,(H,18,19,20);2-4,6,9,15-16H,1H2/t11-,13-,16-;4-,6+,9-/m11/s1. The van der Waals surface area contributed by atoms with E-state index in [-0.39, 0.29) is 21.7 Å². The van der Waals surface area contributed by atoms with Crippen molar-refractivity contribution in [2.45, 2.75) is 41.7 Å². The van der Waals surface area contributed by atoms with Gasteiger partial charge in [-0.05, 0) is 17.7 Å². The molecule has 5 N–H and O–H groups in total. The molecule has 0 amide bonds. The Bertz CT molecular complexity index is 1710. The van der Waals surface area contributed by atoms with Crippen molar-refractivity contribution in [1.82, 2.24) is 39.0 Å². The van der Waals surface area contributed by atoms with Gasteiger partial charge in [0.25, 0.3) is 0 Å². The van der Waals surface area contributed by atoms with Crippen LogP contribution in [0.15, 0.2) is 49.6 Å². The molecule has 0 spiro atoms. The Morgan fingerprint density at radius 1 is 0.833 bits per heavy atom. The van der Waals surface area contributed by atoms with E-state index in [0.717, 1.165) is 5.56 Å².